The Balaban J connectivity index is 1.53. The zero-order valence-corrected chi connectivity index (χ0v) is 17.6. The van der Waals surface area contributed by atoms with E-state index in [9.17, 15) is 4.79 Å². The van der Waals surface area contributed by atoms with Crippen LogP contribution in [0.1, 0.15) is 40.3 Å². The lowest BCUT2D eigenvalue weighted by atomic mass is 9.96. The van der Waals surface area contributed by atoms with E-state index < -0.39 is 0 Å². The van der Waals surface area contributed by atoms with Crippen LogP contribution in [0.3, 0.4) is 0 Å². The third-order valence-electron chi connectivity index (χ3n) is 5.94. The number of aromatic nitrogens is 5. The molecule has 0 aliphatic carbocycles. The molecule has 4 heterocycles. The number of carbonyl (C=O) groups excluding carboxylic acids is 1. The number of imidazole rings is 1. The lowest BCUT2D eigenvalue weighted by Crippen LogP contribution is -2.41. The number of piperidine rings is 1. The van der Waals surface area contributed by atoms with E-state index >= 15 is 0 Å². The van der Waals surface area contributed by atoms with Crippen LogP contribution in [0.4, 0.5) is 0 Å². The number of likely N-dealkylation sites (tertiary alicyclic amines) is 1. The zero-order chi connectivity index (χ0) is 20.5. The van der Waals surface area contributed by atoms with E-state index in [1.165, 1.54) is 0 Å². The molecule has 1 aliphatic rings. The molecule has 0 radical (unpaired) electrons. The maximum atomic E-state index is 13.2. The number of aryl methyl sites for hydroxylation is 3. The molecule has 0 saturated carbocycles. The van der Waals surface area contributed by atoms with E-state index in [1.807, 2.05) is 50.3 Å². The second-order valence-corrected chi connectivity index (χ2v) is 8.00. The van der Waals surface area contributed by atoms with Gasteiger partial charge in [-0.15, -0.1) is 0 Å². The van der Waals surface area contributed by atoms with Gasteiger partial charge in [0.1, 0.15) is 5.82 Å². The summed E-state index contributed by atoms with van der Waals surface area (Å²) in [4.78, 5) is 24.0. The Morgan fingerprint density at radius 1 is 1.24 bits per heavy atom. The van der Waals surface area contributed by atoms with Crippen LogP contribution in [0, 0.1) is 26.7 Å². The van der Waals surface area contributed by atoms with Crippen molar-refractivity contribution in [1.82, 2.24) is 29.2 Å². The molecule has 4 rings (SSSR count). The fraction of sp³-hybridized carbons (Fsp3) is 0.455. The number of pyridine rings is 1. The zero-order valence-electron chi connectivity index (χ0n) is 17.6. The van der Waals surface area contributed by atoms with Crippen LogP contribution in [0.2, 0.25) is 0 Å². The maximum Gasteiger partial charge on any atom is 0.257 e. The minimum absolute atomic E-state index is 0.104. The van der Waals surface area contributed by atoms with Crippen molar-refractivity contribution in [3.8, 4) is 11.4 Å². The van der Waals surface area contributed by atoms with E-state index in [-0.39, 0.29) is 5.91 Å². The SMILES string of the molecule is Cc1nn(C)c(C)c1C(=O)N1CCCC(Cn2c(C)cnc2-c2cccnc2)C1. The summed E-state index contributed by atoms with van der Waals surface area (Å²) in [6, 6.07) is 3.97. The average Bonchev–Trinajstić information content (AvgIpc) is 3.21. The van der Waals surface area contributed by atoms with Gasteiger partial charge >= 0.3 is 0 Å². The van der Waals surface area contributed by atoms with Gasteiger partial charge < -0.3 is 9.47 Å². The Labute approximate surface area is 171 Å². The van der Waals surface area contributed by atoms with Gasteiger partial charge in [-0.2, -0.15) is 5.10 Å². The minimum atomic E-state index is 0.104. The topological polar surface area (TPSA) is 68.8 Å². The Bertz CT molecular complexity index is 1020. The summed E-state index contributed by atoms with van der Waals surface area (Å²) in [5, 5.41) is 4.41. The van der Waals surface area contributed by atoms with Crippen molar-refractivity contribution < 1.29 is 4.79 Å². The second kappa shape index (κ2) is 7.81. The molecular weight excluding hydrogens is 364 g/mol. The van der Waals surface area contributed by atoms with Crippen LogP contribution in [0.15, 0.2) is 30.7 Å². The number of carbonyl (C=O) groups is 1. The molecule has 3 aromatic heterocycles. The number of nitrogens with zero attached hydrogens (tertiary/aromatic N) is 6. The van der Waals surface area contributed by atoms with Gasteiger partial charge in [-0.25, -0.2) is 4.98 Å². The quantitative estimate of drug-likeness (QED) is 0.684. The average molecular weight is 393 g/mol. The van der Waals surface area contributed by atoms with Gasteiger partial charge in [-0.3, -0.25) is 14.5 Å². The monoisotopic (exact) mass is 392 g/mol. The third-order valence-corrected chi connectivity index (χ3v) is 5.94. The lowest BCUT2D eigenvalue weighted by Gasteiger charge is -2.33. The maximum absolute atomic E-state index is 13.2. The van der Waals surface area contributed by atoms with Crippen LogP contribution in [-0.2, 0) is 13.6 Å². The van der Waals surface area contributed by atoms with Crippen LogP contribution < -0.4 is 0 Å². The Morgan fingerprint density at radius 2 is 2.07 bits per heavy atom. The molecule has 1 aliphatic heterocycles. The molecular formula is C22H28N6O. The van der Waals surface area contributed by atoms with Gasteiger partial charge in [0.25, 0.3) is 5.91 Å². The highest BCUT2D eigenvalue weighted by atomic mass is 16.2. The first-order valence-corrected chi connectivity index (χ1v) is 10.2. The summed E-state index contributed by atoms with van der Waals surface area (Å²) in [5.41, 5.74) is 4.64. The summed E-state index contributed by atoms with van der Waals surface area (Å²) in [5.74, 6) is 1.44. The van der Waals surface area contributed by atoms with Crippen LogP contribution in [0.25, 0.3) is 11.4 Å². The molecule has 1 saturated heterocycles. The van der Waals surface area contributed by atoms with Crippen molar-refractivity contribution in [2.45, 2.75) is 40.2 Å². The van der Waals surface area contributed by atoms with Gasteiger partial charge in [-0.05, 0) is 51.7 Å². The molecule has 0 spiro atoms. The number of hydrogen-bond acceptors (Lipinski definition) is 4. The second-order valence-electron chi connectivity index (χ2n) is 8.00. The molecule has 1 atom stereocenters. The molecule has 3 aromatic rings. The van der Waals surface area contributed by atoms with Crippen molar-refractivity contribution in [3.63, 3.8) is 0 Å². The number of rotatable bonds is 4. The van der Waals surface area contributed by atoms with E-state index in [0.29, 0.717) is 5.92 Å². The van der Waals surface area contributed by atoms with Crippen molar-refractivity contribution in [2.24, 2.45) is 13.0 Å². The van der Waals surface area contributed by atoms with E-state index in [1.54, 1.807) is 10.9 Å². The van der Waals surface area contributed by atoms with Gasteiger partial charge in [0.15, 0.2) is 0 Å². The molecule has 1 amide bonds. The highest BCUT2D eigenvalue weighted by molar-refractivity contribution is 5.96. The van der Waals surface area contributed by atoms with Crippen molar-refractivity contribution >= 4 is 5.91 Å². The van der Waals surface area contributed by atoms with Gasteiger partial charge in [-0.1, -0.05) is 0 Å². The molecule has 7 heteroatoms. The fourth-order valence-corrected chi connectivity index (χ4v) is 4.31. The Kier molecular flexibility index (Phi) is 5.22. The van der Waals surface area contributed by atoms with Crippen LogP contribution >= 0.6 is 0 Å². The molecule has 1 unspecified atom stereocenters. The summed E-state index contributed by atoms with van der Waals surface area (Å²) >= 11 is 0. The first-order chi connectivity index (χ1) is 14.0. The van der Waals surface area contributed by atoms with E-state index in [2.05, 4.69) is 26.6 Å². The Morgan fingerprint density at radius 3 is 2.76 bits per heavy atom. The summed E-state index contributed by atoms with van der Waals surface area (Å²) < 4.78 is 4.05. The highest BCUT2D eigenvalue weighted by Gasteiger charge is 2.28. The van der Waals surface area contributed by atoms with Gasteiger partial charge in [0, 0.05) is 62.2 Å². The normalized spacial score (nSPS) is 17.0. The van der Waals surface area contributed by atoms with Crippen molar-refractivity contribution in [2.75, 3.05) is 13.1 Å². The highest BCUT2D eigenvalue weighted by Crippen LogP contribution is 2.26. The first kappa shape index (κ1) is 19.4. The van der Waals surface area contributed by atoms with E-state index in [0.717, 1.165) is 66.5 Å². The molecule has 0 aromatic carbocycles. The number of hydrogen-bond donors (Lipinski definition) is 0. The van der Waals surface area contributed by atoms with Crippen LogP contribution in [0.5, 0.6) is 0 Å². The third kappa shape index (κ3) is 3.69. The minimum Gasteiger partial charge on any atom is -0.338 e. The summed E-state index contributed by atoms with van der Waals surface area (Å²) in [6.45, 7) is 8.38. The molecule has 29 heavy (non-hydrogen) atoms. The van der Waals surface area contributed by atoms with Crippen LogP contribution in [-0.4, -0.2) is 48.2 Å². The van der Waals surface area contributed by atoms with Crippen molar-refractivity contribution in [1.29, 1.82) is 0 Å². The summed E-state index contributed by atoms with van der Waals surface area (Å²) in [7, 11) is 1.89. The predicted molar refractivity (Wildman–Crippen MR) is 112 cm³/mol. The molecule has 152 valence electrons. The summed E-state index contributed by atoms with van der Waals surface area (Å²) in [6.07, 6.45) is 7.67. The molecule has 0 N–H and O–H groups in total. The van der Waals surface area contributed by atoms with Crippen molar-refractivity contribution in [3.05, 3.63) is 53.4 Å². The fourth-order valence-electron chi connectivity index (χ4n) is 4.31. The largest absolute Gasteiger partial charge is 0.338 e. The predicted octanol–water partition coefficient (Wildman–Crippen LogP) is 3.16. The molecule has 7 nitrogen and oxygen atoms in total. The van der Waals surface area contributed by atoms with E-state index in [4.69, 9.17) is 0 Å². The van der Waals surface area contributed by atoms with Gasteiger partial charge in [0.2, 0.25) is 0 Å². The first-order valence-electron chi connectivity index (χ1n) is 10.2. The molecule has 0 bridgehead atoms. The molecule has 1 fully saturated rings. The standard InChI is InChI=1S/C22H28N6O/c1-15-11-24-21(19-8-5-9-23-12-19)28(15)14-18-7-6-10-27(13-18)22(29)20-16(2)25-26(4)17(20)3/h5,8-9,11-12,18H,6-7,10,13-14H2,1-4H3. The Hall–Kier alpha value is -2.96. The smallest absolute Gasteiger partial charge is 0.257 e. The number of amides is 1. The van der Waals surface area contributed by atoms with Gasteiger partial charge in [0.05, 0.1) is 11.3 Å². The lowest BCUT2D eigenvalue weighted by molar-refractivity contribution is 0.0661.